The Bertz CT molecular complexity index is 810. The van der Waals surface area contributed by atoms with Crippen LogP contribution in [0.3, 0.4) is 0 Å². The van der Waals surface area contributed by atoms with Crippen molar-refractivity contribution in [2.45, 2.75) is 45.8 Å². The molecule has 7 nitrogen and oxygen atoms in total. The van der Waals surface area contributed by atoms with E-state index in [0.717, 1.165) is 36.1 Å². The number of hydrogen-bond donors (Lipinski definition) is 4. The van der Waals surface area contributed by atoms with Crippen LogP contribution in [0, 0.1) is 6.92 Å². The van der Waals surface area contributed by atoms with Gasteiger partial charge in [-0.2, -0.15) is 0 Å². The smallest absolute Gasteiger partial charge is 0.407 e. The van der Waals surface area contributed by atoms with Gasteiger partial charge in [-0.3, -0.25) is 0 Å². The van der Waals surface area contributed by atoms with E-state index in [9.17, 15) is 9.59 Å². The molecule has 29 heavy (non-hydrogen) atoms. The van der Waals surface area contributed by atoms with E-state index in [1.807, 2.05) is 56.3 Å². The molecule has 156 valence electrons. The Kier molecular flexibility index (Phi) is 8.82. The van der Waals surface area contributed by atoms with Crippen molar-refractivity contribution < 1.29 is 14.3 Å². The van der Waals surface area contributed by atoms with Crippen LogP contribution in [-0.2, 0) is 11.3 Å². The van der Waals surface area contributed by atoms with Crippen molar-refractivity contribution in [1.82, 2.24) is 10.6 Å². The van der Waals surface area contributed by atoms with Crippen LogP contribution < -0.4 is 21.7 Å². The molecule has 0 spiro atoms. The van der Waals surface area contributed by atoms with Crippen LogP contribution in [0.5, 0.6) is 0 Å². The average Bonchev–Trinajstić information content (AvgIpc) is 2.69. The van der Waals surface area contributed by atoms with Gasteiger partial charge in [0, 0.05) is 29.5 Å². The van der Waals surface area contributed by atoms with Crippen molar-refractivity contribution in [3.8, 4) is 0 Å². The number of carbonyl (C=O) groups excluding carboxylic acids is 2. The minimum absolute atomic E-state index is 0.0172. The van der Waals surface area contributed by atoms with Crippen LogP contribution >= 0.6 is 0 Å². The highest BCUT2D eigenvalue weighted by atomic mass is 16.5. The number of nitrogens with one attached hydrogen (secondary N) is 3. The first-order chi connectivity index (χ1) is 14.0. The summed E-state index contributed by atoms with van der Waals surface area (Å²) in [6.07, 6.45) is 2.03. The number of ether oxygens (including phenoxy) is 1. The SMILES string of the molecule is Cc1ccccc1NC(=O)NCCCC[C@H](C)NC(=O)OCc1ccccc1N. The highest BCUT2D eigenvalue weighted by Gasteiger charge is 2.09. The molecule has 2 rings (SSSR count). The first-order valence-electron chi connectivity index (χ1n) is 9.83. The lowest BCUT2D eigenvalue weighted by Crippen LogP contribution is -2.33. The highest BCUT2D eigenvalue weighted by Crippen LogP contribution is 2.13. The molecule has 2 aromatic rings. The second-order valence-corrected chi connectivity index (χ2v) is 7.01. The molecule has 0 fully saturated rings. The van der Waals surface area contributed by atoms with Gasteiger partial charge in [0.15, 0.2) is 0 Å². The Morgan fingerprint density at radius 1 is 1.07 bits per heavy atom. The zero-order chi connectivity index (χ0) is 21.1. The Hall–Kier alpha value is -3.22. The van der Waals surface area contributed by atoms with Gasteiger partial charge in [-0.05, 0) is 50.8 Å². The molecule has 0 aromatic heterocycles. The Balaban J connectivity index is 1.55. The van der Waals surface area contributed by atoms with Crippen molar-refractivity contribution in [1.29, 1.82) is 0 Å². The van der Waals surface area contributed by atoms with Crippen LogP contribution in [0.2, 0.25) is 0 Å². The fourth-order valence-corrected chi connectivity index (χ4v) is 2.78. The highest BCUT2D eigenvalue weighted by molar-refractivity contribution is 5.89. The number of anilines is 2. The summed E-state index contributed by atoms with van der Waals surface area (Å²) in [7, 11) is 0. The minimum atomic E-state index is -0.462. The molecule has 3 amide bonds. The van der Waals surface area contributed by atoms with Crippen LogP contribution in [-0.4, -0.2) is 24.7 Å². The number of nitrogen functional groups attached to an aromatic ring is 1. The van der Waals surface area contributed by atoms with Crippen molar-refractivity contribution in [3.63, 3.8) is 0 Å². The molecule has 0 aliphatic heterocycles. The molecule has 0 saturated heterocycles. The van der Waals surface area contributed by atoms with Gasteiger partial charge in [-0.25, -0.2) is 9.59 Å². The van der Waals surface area contributed by atoms with Crippen LogP contribution in [0.15, 0.2) is 48.5 Å². The normalized spacial score (nSPS) is 11.4. The Labute approximate surface area is 172 Å². The molecule has 0 saturated carbocycles. The van der Waals surface area contributed by atoms with Gasteiger partial charge >= 0.3 is 12.1 Å². The van der Waals surface area contributed by atoms with Crippen molar-refractivity contribution >= 4 is 23.5 Å². The third kappa shape index (κ3) is 8.13. The predicted molar refractivity (Wildman–Crippen MR) is 116 cm³/mol. The zero-order valence-corrected chi connectivity index (χ0v) is 17.0. The Morgan fingerprint density at radius 2 is 1.79 bits per heavy atom. The van der Waals surface area contributed by atoms with E-state index in [2.05, 4.69) is 16.0 Å². The Morgan fingerprint density at radius 3 is 2.55 bits per heavy atom. The van der Waals surface area contributed by atoms with E-state index < -0.39 is 6.09 Å². The van der Waals surface area contributed by atoms with Crippen LogP contribution in [0.4, 0.5) is 21.0 Å². The summed E-state index contributed by atoms with van der Waals surface area (Å²) in [5.74, 6) is 0. The standard InChI is InChI=1S/C22H30N4O3/c1-16-9-3-6-13-20(16)26-21(27)24-14-8-7-10-17(2)25-22(28)29-15-18-11-4-5-12-19(18)23/h3-6,9,11-13,17H,7-8,10,14-15,23H2,1-2H3,(H,25,28)(H2,24,26,27)/t17-/m0/s1. The number of hydrogen-bond acceptors (Lipinski definition) is 4. The summed E-state index contributed by atoms with van der Waals surface area (Å²) in [4.78, 5) is 23.8. The molecule has 0 bridgehead atoms. The molecular weight excluding hydrogens is 368 g/mol. The third-order valence-electron chi connectivity index (χ3n) is 4.52. The number of aryl methyl sites for hydroxylation is 1. The maximum atomic E-state index is 11.9. The number of carbonyl (C=O) groups is 2. The second-order valence-electron chi connectivity index (χ2n) is 7.01. The third-order valence-corrected chi connectivity index (χ3v) is 4.52. The van der Waals surface area contributed by atoms with E-state index in [1.165, 1.54) is 0 Å². The largest absolute Gasteiger partial charge is 0.445 e. The van der Waals surface area contributed by atoms with Gasteiger partial charge in [0.1, 0.15) is 6.61 Å². The van der Waals surface area contributed by atoms with Gasteiger partial charge in [0.2, 0.25) is 0 Å². The zero-order valence-electron chi connectivity index (χ0n) is 17.0. The molecule has 1 atom stereocenters. The lowest BCUT2D eigenvalue weighted by molar-refractivity contribution is 0.136. The average molecular weight is 399 g/mol. The summed E-state index contributed by atoms with van der Waals surface area (Å²) in [5.41, 5.74) is 9.04. The number of rotatable bonds is 9. The first kappa shape index (κ1) is 22.1. The van der Waals surface area contributed by atoms with E-state index in [1.54, 1.807) is 6.07 Å². The molecule has 0 aliphatic carbocycles. The second kappa shape index (κ2) is 11.6. The minimum Gasteiger partial charge on any atom is -0.445 e. The van der Waals surface area contributed by atoms with Crippen molar-refractivity contribution in [2.24, 2.45) is 0 Å². The lowest BCUT2D eigenvalue weighted by Gasteiger charge is -2.14. The molecule has 2 aromatic carbocycles. The van der Waals surface area contributed by atoms with E-state index in [4.69, 9.17) is 10.5 Å². The predicted octanol–water partition coefficient (Wildman–Crippen LogP) is 4.18. The molecule has 0 unspecified atom stereocenters. The maximum absolute atomic E-state index is 11.9. The van der Waals surface area contributed by atoms with E-state index in [0.29, 0.717) is 12.2 Å². The van der Waals surface area contributed by atoms with E-state index in [-0.39, 0.29) is 18.7 Å². The van der Waals surface area contributed by atoms with Crippen molar-refractivity contribution in [3.05, 3.63) is 59.7 Å². The number of alkyl carbamates (subject to hydrolysis) is 1. The topological polar surface area (TPSA) is 105 Å². The summed E-state index contributed by atoms with van der Waals surface area (Å²) in [6, 6.07) is 14.7. The van der Waals surface area contributed by atoms with Crippen molar-refractivity contribution in [2.75, 3.05) is 17.6 Å². The van der Waals surface area contributed by atoms with Gasteiger partial charge in [-0.1, -0.05) is 36.4 Å². The van der Waals surface area contributed by atoms with Gasteiger partial charge < -0.3 is 26.4 Å². The molecule has 0 radical (unpaired) electrons. The summed E-state index contributed by atoms with van der Waals surface area (Å²) in [5, 5.41) is 8.48. The number of nitrogens with two attached hydrogens (primary N) is 1. The van der Waals surface area contributed by atoms with Gasteiger partial charge in [0.25, 0.3) is 0 Å². The lowest BCUT2D eigenvalue weighted by atomic mass is 10.1. The quantitative estimate of drug-likeness (QED) is 0.375. The number of unbranched alkanes of at least 4 members (excludes halogenated alkanes) is 1. The molecule has 5 N–H and O–H groups in total. The fourth-order valence-electron chi connectivity index (χ4n) is 2.78. The maximum Gasteiger partial charge on any atom is 0.407 e. The molecule has 0 aliphatic rings. The van der Waals surface area contributed by atoms with Crippen LogP contribution in [0.1, 0.15) is 37.3 Å². The summed E-state index contributed by atoms with van der Waals surface area (Å²) >= 11 is 0. The van der Waals surface area contributed by atoms with Gasteiger partial charge in [-0.15, -0.1) is 0 Å². The molecule has 0 heterocycles. The number of para-hydroxylation sites is 2. The summed E-state index contributed by atoms with van der Waals surface area (Å²) < 4.78 is 5.21. The summed E-state index contributed by atoms with van der Waals surface area (Å²) in [6.45, 7) is 4.59. The molecular formula is C22H30N4O3. The number of benzene rings is 2. The van der Waals surface area contributed by atoms with E-state index >= 15 is 0 Å². The monoisotopic (exact) mass is 398 g/mol. The van der Waals surface area contributed by atoms with Gasteiger partial charge in [0.05, 0.1) is 0 Å². The fraction of sp³-hybridized carbons (Fsp3) is 0.364. The molecule has 7 heteroatoms. The van der Waals surface area contributed by atoms with Crippen LogP contribution in [0.25, 0.3) is 0 Å². The first-order valence-corrected chi connectivity index (χ1v) is 9.83. The number of urea groups is 1. The number of amides is 3.